The van der Waals surface area contributed by atoms with Crippen LogP contribution in [0.1, 0.15) is 13.8 Å². The molecule has 0 fully saturated rings. The van der Waals surface area contributed by atoms with E-state index in [1.165, 1.54) is 13.8 Å². The molecule has 0 saturated heterocycles. The molecule has 0 radical (unpaired) electrons. The number of hydrogen-bond donors (Lipinski definition) is 6. The zero-order valence-electron chi connectivity index (χ0n) is 10.9. The largest absolute Gasteiger partial charge is 0.481 e. The number of carboxylic acids is 4. The lowest BCUT2D eigenvalue weighted by Gasteiger charge is -2.09. The standard InChI is InChI=1S/2C5H9NO4/c2*1-2(4(7)8)3(6)5(9)10/h2*2-3H,6H2,1H3,(H,7,8)(H,9,10)/t2?,3-;/m0./s1. The molecule has 0 heterocycles. The van der Waals surface area contributed by atoms with Crippen molar-refractivity contribution in [2.75, 3.05) is 0 Å². The zero-order valence-corrected chi connectivity index (χ0v) is 10.9. The average molecular weight is 294 g/mol. The summed E-state index contributed by atoms with van der Waals surface area (Å²) in [6.07, 6.45) is 0. The lowest BCUT2D eigenvalue weighted by atomic mass is 10.0. The molecule has 0 saturated carbocycles. The van der Waals surface area contributed by atoms with Gasteiger partial charge in [-0.25, -0.2) is 0 Å². The molecule has 116 valence electrons. The number of carboxylic acid groups (broad SMARTS) is 4. The molecule has 0 aromatic heterocycles. The highest BCUT2D eigenvalue weighted by Crippen LogP contribution is 2.00. The summed E-state index contributed by atoms with van der Waals surface area (Å²) in [5.74, 6) is -7.08. The van der Waals surface area contributed by atoms with Crippen molar-refractivity contribution in [2.24, 2.45) is 23.3 Å². The monoisotopic (exact) mass is 294 g/mol. The van der Waals surface area contributed by atoms with Crippen molar-refractivity contribution in [1.29, 1.82) is 0 Å². The minimum atomic E-state index is -1.32. The fourth-order valence-corrected chi connectivity index (χ4v) is 0.735. The number of rotatable bonds is 6. The maximum absolute atomic E-state index is 10.1. The van der Waals surface area contributed by atoms with Gasteiger partial charge in [-0.2, -0.15) is 0 Å². The Labute approximate surface area is 114 Å². The number of aliphatic carboxylic acids is 4. The van der Waals surface area contributed by atoms with Crippen molar-refractivity contribution < 1.29 is 39.6 Å². The van der Waals surface area contributed by atoms with Gasteiger partial charge in [0, 0.05) is 0 Å². The first kappa shape index (κ1) is 20.1. The molecule has 8 N–H and O–H groups in total. The van der Waals surface area contributed by atoms with Gasteiger partial charge in [0.1, 0.15) is 12.1 Å². The van der Waals surface area contributed by atoms with Crippen LogP contribution in [0.25, 0.3) is 0 Å². The summed E-state index contributed by atoms with van der Waals surface area (Å²) in [6, 6.07) is -2.64. The maximum Gasteiger partial charge on any atom is 0.321 e. The van der Waals surface area contributed by atoms with Crippen molar-refractivity contribution in [3.05, 3.63) is 0 Å². The third-order valence-corrected chi connectivity index (χ3v) is 2.43. The first-order chi connectivity index (χ1) is 8.93. The molecule has 0 spiro atoms. The van der Waals surface area contributed by atoms with Crippen molar-refractivity contribution in [3.8, 4) is 0 Å². The third-order valence-electron chi connectivity index (χ3n) is 2.43. The molecule has 10 heteroatoms. The molecule has 0 aromatic rings. The van der Waals surface area contributed by atoms with Crippen LogP contribution in [0.2, 0.25) is 0 Å². The third kappa shape index (κ3) is 7.28. The molecule has 20 heavy (non-hydrogen) atoms. The minimum Gasteiger partial charge on any atom is -0.481 e. The predicted octanol–water partition coefficient (Wildman–Crippen LogP) is -1.76. The molecule has 3 unspecified atom stereocenters. The molecule has 0 aliphatic heterocycles. The second-order valence-corrected chi connectivity index (χ2v) is 3.98. The summed E-state index contributed by atoms with van der Waals surface area (Å²) in [7, 11) is 0. The van der Waals surface area contributed by atoms with Gasteiger partial charge in [-0.3, -0.25) is 19.2 Å². The Morgan fingerprint density at radius 2 is 0.850 bits per heavy atom. The summed E-state index contributed by atoms with van der Waals surface area (Å²) in [6.45, 7) is 2.50. The van der Waals surface area contributed by atoms with E-state index in [1.54, 1.807) is 0 Å². The molecule has 10 nitrogen and oxygen atoms in total. The Morgan fingerprint density at radius 1 is 0.650 bits per heavy atom. The lowest BCUT2D eigenvalue weighted by Crippen LogP contribution is -2.40. The topological polar surface area (TPSA) is 201 Å². The quantitative estimate of drug-likeness (QED) is 0.325. The van der Waals surface area contributed by atoms with Crippen molar-refractivity contribution in [3.63, 3.8) is 0 Å². The van der Waals surface area contributed by atoms with Gasteiger partial charge in [0.25, 0.3) is 0 Å². The lowest BCUT2D eigenvalue weighted by molar-refractivity contribution is -0.149. The highest BCUT2D eigenvalue weighted by Gasteiger charge is 2.26. The smallest absolute Gasteiger partial charge is 0.321 e. The van der Waals surface area contributed by atoms with E-state index in [0.717, 1.165) is 0 Å². The minimum absolute atomic E-state index is 1.04. The van der Waals surface area contributed by atoms with E-state index in [0.29, 0.717) is 0 Å². The van der Waals surface area contributed by atoms with Gasteiger partial charge < -0.3 is 31.9 Å². The zero-order chi connectivity index (χ0) is 16.6. The molecule has 4 atom stereocenters. The fraction of sp³-hybridized carbons (Fsp3) is 0.600. The van der Waals surface area contributed by atoms with Crippen LogP contribution in [0.5, 0.6) is 0 Å². The van der Waals surface area contributed by atoms with E-state index in [4.69, 9.17) is 31.9 Å². The van der Waals surface area contributed by atoms with Gasteiger partial charge in [-0.15, -0.1) is 0 Å². The van der Waals surface area contributed by atoms with Gasteiger partial charge in [-0.1, -0.05) is 0 Å². The van der Waals surface area contributed by atoms with E-state index in [2.05, 4.69) is 0 Å². The van der Waals surface area contributed by atoms with Crippen LogP contribution in [0.4, 0.5) is 0 Å². The van der Waals surface area contributed by atoms with Gasteiger partial charge in [0.05, 0.1) is 11.8 Å². The summed E-state index contributed by atoms with van der Waals surface area (Å²) in [5, 5.41) is 32.9. The molecule has 0 aliphatic rings. The second-order valence-electron chi connectivity index (χ2n) is 3.98. The maximum atomic E-state index is 10.1. The Kier molecular flexibility index (Phi) is 8.88. The number of carbonyl (C=O) groups is 4. The Hall–Kier alpha value is -2.20. The van der Waals surface area contributed by atoms with Gasteiger partial charge >= 0.3 is 23.9 Å². The molecule has 0 bridgehead atoms. The molecule has 0 amide bonds. The van der Waals surface area contributed by atoms with Gasteiger partial charge in [0.2, 0.25) is 0 Å². The van der Waals surface area contributed by atoms with Crippen molar-refractivity contribution in [1.82, 2.24) is 0 Å². The van der Waals surface area contributed by atoms with Crippen LogP contribution in [0.3, 0.4) is 0 Å². The Bertz CT molecular complexity index is 311. The number of nitrogens with two attached hydrogens (primary N) is 2. The molecule has 0 aromatic carbocycles. The van der Waals surface area contributed by atoms with Crippen LogP contribution in [0.15, 0.2) is 0 Å². The van der Waals surface area contributed by atoms with Gasteiger partial charge in [0.15, 0.2) is 0 Å². The first-order valence-electron chi connectivity index (χ1n) is 5.35. The molecule has 0 rings (SSSR count). The normalized spacial score (nSPS) is 15.8. The Balaban J connectivity index is 0. The van der Waals surface area contributed by atoms with E-state index in [-0.39, 0.29) is 0 Å². The van der Waals surface area contributed by atoms with E-state index in [1.807, 2.05) is 0 Å². The summed E-state index contributed by atoms with van der Waals surface area (Å²) < 4.78 is 0. The van der Waals surface area contributed by atoms with Crippen LogP contribution in [0, 0.1) is 11.8 Å². The molecule has 0 aliphatic carbocycles. The van der Waals surface area contributed by atoms with Crippen LogP contribution in [-0.4, -0.2) is 56.4 Å². The van der Waals surface area contributed by atoms with E-state index < -0.39 is 47.8 Å². The Morgan fingerprint density at radius 3 is 0.900 bits per heavy atom. The van der Waals surface area contributed by atoms with Crippen molar-refractivity contribution in [2.45, 2.75) is 25.9 Å². The first-order valence-corrected chi connectivity index (χ1v) is 5.35. The summed E-state index contributed by atoms with van der Waals surface area (Å²) in [4.78, 5) is 40.3. The van der Waals surface area contributed by atoms with E-state index >= 15 is 0 Å². The van der Waals surface area contributed by atoms with Crippen LogP contribution < -0.4 is 11.5 Å². The summed E-state index contributed by atoms with van der Waals surface area (Å²) in [5.41, 5.74) is 9.96. The van der Waals surface area contributed by atoms with Crippen LogP contribution in [-0.2, 0) is 19.2 Å². The molecular formula is C10H18N2O8. The van der Waals surface area contributed by atoms with Gasteiger partial charge in [-0.05, 0) is 13.8 Å². The number of hydrogen-bond acceptors (Lipinski definition) is 6. The highest BCUT2D eigenvalue weighted by atomic mass is 16.4. The fourth-order valence-electron chi connectivity index (χ4n) is 0.735. The summed E-state index contributed by atoms with van der Waals surface area (Å²) >= 11 is 0. The SMILES string of the molecule is CC(C(=O)O)C(N)C(=O)O.CC(C(=O)O)[C@H](N)C(=O)O. The predicted molar refractivity (Wildman–Crippen MR) is 64.8 cm³/mol. The van der Waals surface area contributed by atoms with Crippen LogP contribution >= 0.6 is 0 Å². The van der Waals surface area contributed by atoms with Crippen molar-refractivity contribution >= 4 is 23.9 Å². The highest BCUT2D eigenvalue weighted by molar-refractivity contribution is 5.82. The van der Waals surface area contributed by atoms with E-state index in [9.17, 15) is 19.2 Å². The molecular weight excluding hydrogens is 276 g/mol. The second kappa shape index (κ2) is 8.82. The average Bonchev–Trinajstić information content (AvgIpc) is 2.35.